The summed E-state index contributed by atoms with van der Waals surface area (Å²) in [7, 11) is 0. The Balaban J connectivity index is 1.66. The Morgan fingerprint density at radius 2 is 2.06 bits per heavy atom. The average Bonchev–Trinajstić information content (AvgIpc) is 2.88. The minimum absolute atomic E-state index is 0.858. The molecule has 1 aliphatic heterocycles. The summed E-state index contributed by atoms with van der Waals surface area (Å²) in [5.41, 5.74) is 1.35. The van der Waals surface area contributed by atoms with Crippen LogP contribution in [-0.2, 0) is 6.42 Å². The van der Waals surface area contributed by atoms with Crippen LogP contribution in [0.5, 0.6) is 5.75 Å². The molecule has 1 fully saturated rings. The Kier molecular flexibility index (Phi) is 4.87. The Labute approximate surface area is 105 Å². The number of ether oxygens (including phenoxy) is 1. The number of hydrogen-bond acceptors (Lipinski definition) is 1. The molecule has 1 aromatic carbocycles. The van der Waals surface area contributed by atoms with Crippen LogP contribution >= 0.6 is 0 Å². The summed E-state index contributed by atoms with van der Waals surface area (Å²) in [6.45, 7) is 7.04. The zero-order valence-corrected chi connectivity index (χ0v) is 10.9. The average molecular weight is 234 g/mol. The van der Waals surface area contributed by atoms with Crippen molar-refractivity contribution in [2.24, 2.45) is 0 Å². The van der Waals surface area contributed by atoms with Crippen molar-refractivity contribution in [3.8, 4) is 5.75 Å². The monoisotopic (exact) mass is 234 g/mol. The summed E-state index contributed by atoms with van der Waals surface area (Å²) in [6, 6.07) is 8.45. The van der Waals surface area contributed by atoms with Gasteiger partial charge < -0.3 is 9.64 Å². The molecule has 2 heteroatoms. The van der Waals surface area contributed by atoms with Gasteiger partial charge in [0, 0.05) is 19.3 Å². The van der Waals surface area contributed by atoms with E-state index in [2.05, 4.69) is 31.2 Å². The van der Waals surface area contributed by atoms with Crippen molar-refractivity contribution in [3.05, 3.63) is 29.8 Å². The van der Waals surface area contributed by atoms with Gasteiger partial charge in [-0.05, 0) is 24.1 Å². The molecule has 1 aliphatic rings. The molecule has 2 nitrogen and oxygen atoms in total. The molecule has 2 rings (SSSR count). The van der Waals surface area contributed by atoms with Gasteiger partial charge in [-0.1, -0.05) is 19.1 Å². The maximum absolute atomic E-state index is 5.79. The number of benzene rings is 1. The first kappa shape index (κ1) is 12.4. The Hall–Kier alpha value is -1.02. The third-order valence-electron chi connectivity index (χ3n) is 3.56. The van der Waals surface area contributed by atoms with E-state index in [0.29, 0.717) is 0 Å². The summed E-state index contributed by atoms with van der Waals surface area (Å²) in [6.07, 6.45) is 5.07. The van der Waals surface area contributed by atoms with Gasteiger partial charge in [-0.3, -0.25) is 0 Å². The molecule has 0 atom stereocenters. The van der Waals surface area contributed by atoms with E-state index >= 15 is 0 Å². The molecule has 0 saturated carbocycles. The highest BCUT2D eigenvalue weighted by Crippen LogP contribution is 2.13. The number of aryl methyl sites for hydroxylation is 1. The van der Waals surface area contributed by atoms with Crippen LogP contribution in [0.1, 0.15) is 31.7 Å². The number of likely N-dealkylation sites (tertiary alicyclic amines) is 1. The molecule has 0 aliphatic carbocycles. The van der Waals surface area contributed by atoms with Gasteiger partial charge in [0.15, 0.2) is 0 Å². The standard InChI is InChI=1S/C15H23NO/c1-2-14-7-5-8-15(13-14)17-12-6-11-16-9-3-4-10-16/h5,7-8,13H,2-4,6,9-12H2,1H3/p+1. The highest BCUT2D eigenvalue weighted by atomic mass is 16.5. The van der Waals surface area contributed by atoms with Crippen molar-refractivity contribution in [3.63, 3.8) is 0 Å². The first-order valence-corrected chi connectivity index (χ1v) is 6.94. The first-order chi connectivity index (χ1) is 8.38. The van der Waals surface area contributed by atoms with E-state index < -0.39 is 0 Å². The second-order valence-corrected chi connectivity index (χ2v) is 4.91. The lowest BCUT2D eigenvalue weighted by Gasteiger charge is -2.12. The Morgan fingerprint density at radius 1 is 1.24 bits per heavy atom. The summed E-state index contributed by atoms with van der Waals surface area (Å²) >= 11 is 0. The van der Waals surface area contributed by atoms with Gasteiger partial charge in [0.05, 0.1) is 26.2 Å². The van der Waals surface area contributed by atoms with Crippen LogP contribution < -0.4 is 9.64 Å². The molecule has 0 aromatic heterocycles. The van der Waals surface area contributed by atoms with Crippen LogP contribution in [0.25, 0.3) is 0 Å². The first-order valence-electron chi connectivity index (χ1n) is 6.94. The molecule has 17 heavy (non-hydrogen) atoms. The van der Waals surface area contributed by atoms with Crippen molar-refractivity contribution in [2.45, 2.75) is 32.6 Å². The van der Waals surface area contributed by atoms with Crippen molar-refractivity contribution in [1.82, 2.24) is 0 Å². The predicted molar refractivity (Wildman–Crippen MR) is 70.7 cm³/mol. The second kappa shape index (κ2) is 6.65. The third-order valence-corrected chi connectivity index (χ3v) is 3.56. The smallest absolute Gasteiger partial charge is 0.119 e. The lowest BCUT2D eigenvalue weighted by Crippen LogP contribution is -3.10. The van der Waals surface area contributed by atoms with Crippen LogP contribution in [0.15, 0.2) is 24.3 Å². The fourth-order valence-corrected chi connectivity index (χ4v) is 2.49. The van der Waals surface area contributed by atoms with E-state index in [0.717, 1.165) is 18.8 Å². The maximum atomic E-state index is 5.79. The van der Waals surface area contributed by atoms with Gasteiger partial charge in [-0.15, -0.1) is 0 Å². The quantitative estimate of drug-likeness (QED) is 0.740. The molecule has 1 heterocycles. The van der Waals surface area contributed by atoms with E-state index in [1.165, 1.54) is 44.5 Å². The predicted octanol–water partition coefficient (Wildman–Crippen LogP) is 1.70. The van der Waals surface area contributed by atoms with Crippen LogP contribution in [0, 0.1) is 0 Å². The van der Waals surface area contributed by atoms with E-state index in [1.807, 2.05) is 0 Å². The SMILES string of the molecule is CCc1cccc(OCCC[NH+]2CCCC2)c1. The van der Waals surface area contributed by atoms with Crippen molar-refractivity contribution in [1.29, 1.82) is 0 Å². The third kappa shape index (κ3) is 4.04. The molecule has 0 bridgehead atoms. The molecule has 94 valence electrons. The van der Waals surface area contributed by atoms with Gasteiger partial charge in [0.2, 0.25) is 0 Å². The summed E-state index contributed by atoms with van der Waals surface area (Å²) in [5.74, 6) is 1.03. The topological polar surface area (TPSA) is 13.7 Å². The van der Waals surface area contributed by atoms with Crippen molar-refractivity contribution in [2.75, 3.05) is 26.2 Å². The van der Waals surface area contributed by atoms with Gasteiger partial charge >= 0.3 is 0 Å². The highest BCUT2D eigenvalue weighted by Gasteiger charge is 2.14. The maximum Gasteiger partial charge on any atom is 0.119 e. The van der Waals surface area contributed by atoms with E-state index in [1.54, 1.807) is 4.90 Å². The molecule has 1 aromatic rings. The zero-order valence-electron chi connectivity index (χ0n) is 10.9. The lowest BCUT2D eigenvalue weighted by atomic mass is 10.2. The zero-order chi connectivity index (χ0) is 11.9. The summed E-state index contributed by atoms with van der Waals surface area (Å²) < 4.78 is 5.79. The second-order valence-electron chi connectivity index (χ2n) is 4.91. The molecule has 0 radical (unpaired) electrons. The van der Waals surface area contributed by atoms with Gasteiger partial charge in [0.1, 0.15) is 5.75 Å². The van der Waals surface area contributed by atoms with E-state index in [-0.39, 0.29) is 0 Å². The fourth-order valence-electron chi connectivity index (χ4n) is 2.49. The Bertz CT molecular complexity index is 331. The Morgan fingerprint density at radius 3 is 2.82 bits per heavy atom. The molecule has 0 spiro atoms. The molecule has 1 saturated heterocycles. The van der Waals surface area contributed by atoms with Gasteiger partial charge in [-0.25, -0.2) is 0 Å². The number of nitrogens with one attached hydrogen (secondary N) is 1. The van der Waals surface area contributed by atoms with Crippen molar-refractivity contribution < 1.29 is 9.64 Å². The highest BCUT2D eigenvalue weighted by molar-refractivity contribution is 5.28. The minimum Gasteiger partial charge on any atom is -0.493 e. The normalized spacial score (nSPS) is 16.3. The van der Waals surface area contributed by atoms with Crippen LogP contribution in [0.2, 0.25) is 0 Å². The summed E-state index contributed by atoms with van der Waals surface area (Å²) in [5, 5.41) is 0. The number of hydrogen-bond donors (Lipinski definition) is 1. The number of quaternary nitrogens is 1. The van der Waals surface area contributed by atoms with Crippen LogP contribution in [-0.4, -0.2) is 26.2 Å². The lowest BCUT2D eigenvalue weighted by molar-refractivity contribution is -0.887. The molecule has 0 amide bonds. The molecule has 0 unspecified atom stereocenters. The summed E-state index contributed by atoms with van der Waals surface area (Å²) in [4.78, 5) is 1.76. The van der Waals surface area contributed by atoms with E-state index in [4.69, 9.17) is 4.74 Å². The van der Waals surface area contributed by atoms with Crippen LogP contribution in [0.3, 0.4) is 0 Å². The molecule has 1 N–H and O–H groups in total. The fraction of sp³-hybridized carbons (Fsp3) is 0.600. The molecular weight excluding hydrogens is 210 g/mol. The number of rotatable bonds is 6. The van der Waals surface area contributed by atoms with Crippen LogP contribution in [0.4, 0.5) is 0 Å². The van der Waals surface area contributed by atoms with Gasteiger partial charge in [-0.2, -0.15) is 0 Å². The van der Waals surface area contributed by atoms with Gasteiger partial charge in [0.25, 0.3) is 0 Å². The van der Waals surface area contributed by atoms with E-state index in [9.17, 15) is 0 Å². The largest absolute Gasteiger partial charge is 0.493 e. The van der Waals surface area contributed by atoms with Crippen molar-refractivity contribution >= 4 is 0 Å². The molecular formula is C15H24NO+. The minimum atomic E-state index is 0.858.